The van der Waals surface area contributed by atoms with E-state index >= 15 is 0 Å². The van der Waals surface area contributed by atoms with E-state index in [-0.39, 0.29) is 12.4 Å². The first-order chi connectivity index (χ1) is 12.5. The monoisotopic (exact) mass is 367 g/mol. The molecule has 26 heavy (non-hydrogen) atoms. The summed E-state index contributed by atoms with van der Waals surface area (Å²) in [5.41, 5.74) is 3.58. The lowest BCUT2D eigenvalue weighted by Gasteiger charge is -2.16. The summed E-state index contributed by atoms with van der Waals surface area (Å²) in [5, 5.41) is 0.867. The molecule has 2 aromatic heterocycles. The number of carbonyl (C=O) groups is 2. The van der Waals surface area contributed by atoms with Crippen LogP contribution >= 0.6 is 11.3 Å². The molecule has 0 radical (unpaired) electrons. The summed E-state index contributed by atoms with van der Waals surface area (Å²) < 4.78 is 5.33. The number of hydrogen-bond acceptors (Lipinski definition) is 4. The van der Waals surface area contributed by atoms with Gasteiger partial charge in [-0.2, -0.15) is 0 Å². The molecule has 0 saturated carbocycles. The van der Waals surface area contributed by atoms with Crippen molar-refractivity contribution >= 4 is 34.0 Å². The number of thiophene rings is 1. The highest BCUT2D eigenvalue weighted by molar-refractivity contribution is 7.14. The number of esters is 1. The number of ketones is 1. The molecule has 0 amide bonds. The number of Topliss-reactive ketones (excluding diaryl/α,β-unsaturated/α-hetero) is 1. The van der Waals surface area contributed by atoms with Crippen LogP contribution < -0.4 is 0 Å². The molecule has 1 aliphatic carbocycles. The van der Waals surface area contributed by atoms with Crippen LogP contribution in [0.25, 0.3) is 10.9 Å². The molecule has 2 heterocycles. The lowest BCUT2D eigenvalue weighted by atomic mass is 9.90. The number of ether oxygens (including phenoxy) is 1. The van der Waals surface area contributed by atoms with Gasteiger partial charge in [0.05, 0.1) is 0 Å². The van der Waals surface area contributed by atoms with Gasteiger partial charge in [0.1, 0.15) is 4.88 Å². The Kier molecular flexibility index (Phi) is 4.41. The van der Waals surface area contributed by atoms with Gasteiger partial charge in [0.25, 0.3) is 0 Å². The molecule has 0 saturated heterocycles. The van der Waals surface area contributed by atoms with E-state index in [0.29, 0.717) is 16.4 Å². The van der Waals surface area contributed by atoms with Gasteiger partial charge in [0.2, 0.25) is 5.78 Å². The van der Waals surface area contributed by atoms with Gasteiger partial charge in [-0.3, -0.25) is 4.79 Å². The molecule has 4 nitrogen and oxygen atoms in total. The maximum absolute atomic E-state index is 12.6. The number of rotatable bonds is 4. The van der Waals surface area contributed by atoms with Crippen LogP contribution in [0.2, 0.25) is 0 Å². The van der Waals surface area contributed by atoms with E-state index in [1.54, 1.807) is 0 Å². The van der Waals surface area contributed by atoms with Crippen LogP contribution in [-0.2, 0) is 17.6 Å². The summed E-state index contributed by atoms with van der Waals surface area (Å²) in [6, 6.07) is 9.60. The molecule has 1 N–H and O–H groups in total. The minimum Gasteiger partial charge on any atom is -0.453 e. The molecule has 1 aromatic carbocycles. The molecule has 5 heteroatoms. The summed E-state index contributed by atoms with van der Waals surface area (Å²) in [7, 11) is 0. The normalized spacial score (nSPS) is 16.5. The Morgan fingerprint density at radius 1 is 1.31 bits per heavy atom. The van der Waals surface area contributed by atoms with Crippen molar-refractivity contribution in [3.63, 3.8) is 0 Å². The Bertz CT molecular complexity index is 998. The van der Waals surface area contributed by atoms with E-state index in [4.69, 9.17) is 4.74 Å². The minimum absolute atomic E-state index is 0.178. The fourth-order valence-electron chi connectivity index (χ4n) is 3.72. The first kappa shape index (κ1) is 17.0. The number of carbonyl (C=O) groups excluding carboxylic acids is 2. The van der Waals surface area contributed by atoms with Gasteiger partial charge in [-0.15, -0.1) is 11.3 Å². The molecule has 0 spiro atoms. The first-order valence-corrected chi connectivity index (χ1v) is 9.74. The Morgan fingerprint density at radius 2 is 2.12 bits per heavy atom. The highest BCUT2D eigenvalue weighted by Gasteiger charge is 2.23. The Morgan fingerprint density at radius 3 is 2.96 bits per heavy atom. The molecule has 4 rings (SSSR count). The van der Waals surface area contributed by atoms with E-state index in [0.717, 1.165) is 29.4 Å². The number of fused-ring (bicyclic) bond motifs is 2. The van der Waals surface area contributed by atoms with Crippen molar-refractivity contribution in [3.8, 4) is 0 Å². The first-order valence-electron chi connectivity index (χ1n) is 8.92. The zero-order valence-corrected chi connectivity index (χ0v) is 15.7. The maximum Gasteiger partial charge on any atom is 0.348 e. The lowest BCUT2D eigenvalue weighted by Crippen LogP contribution is -2.14. The second-order valence-corrected chi connectivity index (χ2v) is 8.21. The number of aryl methyl sites for hydroxylation is 2. The van der Waals surface area contributed by atoms with Crippen LogP contribution in [0.5, 0.6) is 0 Å². The second kappa shape index (κ2) is 6.72. The number of para-hydroxylation sites is 1. The fourth-order valence-corrected chi connectivity index (χ4v) is 4.82. The van der Waals surface area contributed by atoms with Crippen molar-refractivity contribution in [2.75, 3.05) is 6.61 Å². The fraction of sp³-hybridized carbons (Fsp3) is 0.333. The Labute approximate surface area is 156 Å². The predicted octanol–water partition coefficient (Wildman–Crippen LogP) is 4.70. The summed E-state index contributed by atoms with van der Waals surface area (Å²) in [6.07, 6.45) is 3.22. The van der Waals surface area contributed by atoms with Gasteiger partial charge in [-0.05, 0) is 49.8 Å². The largest absolute Gasteiger partial charge is 0.453 e. The standard InChI is InChI=1S/C21H21NO3S/c1-12-7-8-18-14(9-12)10-19(26-18)21(24)25-11-17(23)20-13(2)22-16-6-4-3-5-15(16)20/h3-6,10,12,22H,7-9,11H2,1-2H3/t12-/m0/s1. The zero-order chi connectivity index (χ0) is 18.3. The average molecular weight is 367 g/mol. The van der Waals surface area contributed by atoms with Crippen LogP contribution in [0.4, 0.5) is 0 Å². The number of hydrogen-bond donors (Lipinski definition) is 1. The van der Waals surface area contributed by atoms with Crippen molar-refractivity contribution in [2.45, 2.75) is 33.1 Å². The third-order valence-electron chi connectivity index (χ3n) is 5.04. The van der Waals surface area contributed by atoms with Crippen molar-refractivity contribution in [2.24, 2.45) is 5.92 Å². The third kappa shape index (κ3) is 3.07. The van der Waals surface area contributed by atoms with Crippen molar-refractivity contribution in [3.05, 3.63) is 56.9 Å². The van der Waals surface area contributed by atoms with Gasteiger partial charge in [0, 0.05) is 27.0 Å². The number of aromatic amines is 1. The van der Waals surface area contributed by atoms with Gasteiger partial charge in [-0.25, -0.2) is 4.79 Å². The quantitative estimate of drug-likeness (QED) is 0.537. The molecular formula is C21H21NO3S. The van der Waals surface area contributed by atoms with E-state index in [1.165, 1.54) is 28.2 Å². The van der Waals surface area contributed by atoms with Crippen molar-refractivity contribution < 1.29 is 14.3 Å². The van der Waals surface area contributed by atoms with Gasteiger partial charge in [-0.1, -0.05) is 25.1 Å². The highest BCUT2D eigenvalue weighted by atomic mass is 32.1. The predicted molar refractivity (Wildman–Crippen MR) is 103 cm³/mol. The number of nitrogens with one attached hydrogen (secondary N) is 1. The van der Waals surface area contributed by atoms with Crippen LogP contribution in [0.3, 0.4) is 0 Å². The smallest absolute Gasteiger partial charge is 0.348 e. The number of H-pyrrole nitrogens is 1. The van der Waals surface area contributed by atoms with E-state index in [9.17, 15) is 9.59 Å². The summed E-state index contributed by atoms with van der Waals surface area (Å²) in [4.78, 5) is 30.1. The topological polar surface area (TPSA) is 59.2 Å². The highest BCUT2D eigenvalue weighted by Crippen LogP contribution is 2.32. The molecule has 0 unspecified atom stereocenters. The lowest BCUT2D eigenvalue weighted by molar-refractivity contribution is 0.0479. The van der Waals surface area contributed by atoms with Crippen LogP contribution in [0.15, 0.2) is 30.3 Å². The van der Waals surface area contributed by atoms with E-state index < -0.39 is 5.97 Å². The average Bonchev–Trinajstić information content (AvgIpc) is 3.18. The van der Waals surface area contributed by atoms with E-state index in [2.05, 4.69) is 11.9 Å². The number of benzene rings is 1. The second-order valence-electron chi connectivity index (χ2n) is 7.08. The summed E-state index contributed by atoms with van der Waals surface area (Å²) in [6.45, 7) is 3.87. The molecular weight excluding hydrogens is 346 g/mol. The Balaban J connectivity index is 1.47. The molecule has 0 fully saturated rings. The van der Waals surface area contributed by atoms with Crippen molar-refractivity contribution in [1.82, 2.24) is 4.98 Å². The molecule has 1 aliphatic rings. The SMILES string of the molecule is Cc1[nH]c2ccccc2c1C(=O)COC(=O)c1cc2c(s1)CC[C@H](C)C2. The van der Waals surface area contributed by atoms with Gasteiger partial charge < -0.3 is 9.72 Å². The van der Waals surface area contributed by atoms with Gasteiger partial charge in [0.15, 0.2) is 6.61 Å². The van der Waals surface area contributed by atoms with Crippen LogP contribution in [0.1, 0.15) is 49.5 Å². The number of aromatic nitrogens is 1. The molecule has 3 aromatic rings. The summed E-state index contributed by atoms with van der Waals surface area (Å²) in [5.74, 6) is 0.0820. The molecule has 0 aliphatic heterocycles. The maximum atomic E-state index is 12.6. The van der Waals surface area contributed by atoms with Gasteiger partial charge >= 0.3 is 5.97 Å². The third-order valence-corrected chi connectivity index (χ3v) is 6.25. The Hall–Kier alpha value is -2.40. The minimum atomic E-state index is -0.400. The molecule has 1 atom stereocenters. The zero-order valence-electron chi connectivity index (χ0n) is 14.9. The van der Waals surface area contributed by atoms with E-state index in [1.807, 2.05) is 37.3 Å². The molecule has 134 valence electrons. The van der Waals surface area contributed by atoms with Crippen molar-refractivity contribution in [1.29, 1.82) is 0 Å². The van der Waals surface area contributed by atoms with Crippen LogP contribution in [0, 0.1) is 12.8 Å². The molecule has 0 bridgehead atoms. The van der Waals surface area contributed by atoms with Crippen LogP contribution in [-0.4, -0.2) is 23.3 Å². The summed E-state index contributed by atoms with van der Waals surface area (Å²) >= 11 is 1.51.